The van der Waals surface area contributed by atoms with Crippen LogP contribution >= 0.6 is 0 Å². The van der Waals surface area contributed by atoms with E-state index in [4.69, 9.17) is 15.2 Å². The second-order valence-electron chi connectivity index (χ2n) is 4.81. The van der Waals surface area contributed by atoms with Gasteiger partial charge in [0.25, 0.3) is 0 Å². The van der Waals surface area contributed by atoms with Gasteiger partial charge in [0, 0.05) is 12.8 Å². The quantitative estimate of drug-likeness (QED) is 0.702. The highest BCUT2D eigenvalue weighted by Gasteiger charge is 2.32. The van der Waals surface area contributed by atoms with Crippen LogP contribution in [0.4, 0.5) is 4.79 Å². The Balaban J connectivity index is 2.48. The second kappa shape index (κ2) is 4.17. The smallest absolute Gasteiger partial charge is 0.404 e. The number of rotatable bonds is 1. The highest BCUT2D eigenvalue weighted by Crippen LogP contribution is 2.30. The van der Waals surface area contributed by atoms with Gasteiger partial charge < -0.3 is 15.2 Å². The molecule has 1 rings (SSSR count). The summed E-state index contributed by atoms with van der Waals surface area (Å²) in [5.74, 6) is 0. The van der Waals surface area contributed by atoms with E-state index >= 15 is 0 Å². The lowest BCUT2D eigenvalue weighted by molar-refractivity contribution is -0.0904. The van der Waals surface area contributed by atoms with Crippen molar-refractivity contribution in [1.29, 1.82) is 0 Å². The monoisotopic (exact) mass is 201 g/mol. The van der Waals surface area contributed by atoms with Crippen molar-refractivity contribution in [1.82, 2.24) is 0 Å². The summed E-state index contributed by atoms with van der Waals surface area (Å²) in [6.07, 6.45) is 0.859. The Labute approximate surface area is 84.7 Å². The summed E-state index contributed by atoms with van der Waals surface area (Å²) in [6, 6.07) is 0. The van der Waals surface area contributed by atoms with Crippen LogP contribution in [0.2, 0.25) is 0 Å². The van der Waals surface area contributed by atoms with Gasteiger partial charge in [-0.05, 0) is 5.41 Å². The lowest BCUT2D eigenvalue weighted by atomic mass is 9.84. The summed E-state index contributed by atoms with van der Waals surface area (Å²) >= 11 is 0. The molecule has 1 heterocycles. The Hall–Kier alpha value is -0.770. The summed E-state index contributed by atoms with van der Waals surface area (Å²) in [6.45, 7) is 6.98. The standard InChI is InChI=1S/C10H19NO3/c1-10(2,3)8-6-7(4-5-13-8)14-9(11)12/h7-8H,4-6H2,1-3H3,(H2,11,12). The minimum atomic E-state index is -0.690. The first-order valence-corrected chi connectivity index (χ1v) is 4.97. The van der Waals surface area contributed by atoms with Gasteiger partial charge in [-0.25, -0.2) is 4.79 Å². The van der Waals surface area contributed by atoms with Crippen molar-refractivity contribution in [2.45, 2.75) is 45.8 Å². The fraction of sp³-hybridized carbons (Fsp3) is 0.900. The molecule has 2 atom stereocenters. The number of ether oxygens (including phenoxy) is 2. The average molecular weight is 201 g/mol. The van der Waals surface area contributed by atoms with E-state index in [-0.39, 0.29) is 17.6 Å². The van der Waals surface area contributed by atoms with E-state index < -0.39 is 6.09 Å². The predicted octanol–water partition coefficient (Wildman–Crippen LogP) is 1.68. The number of carbonyl (C=O) groups excluding carboxylic acids is 1. The maximum atomic E-state index is 10.6. The van der Waals surface area contributed by atoms with E-state index in [9.17, 15) is 4.79 Å². The Bertz CT molecular complexity index is 210. The summed E-state index contributed by atoms with van der Waals surface area (Å²) in [5.41, 5.74) is 5.06. The van der Waals surface area contributed by atoms with E-state index in [1.54, 1.807) is 0 Å². The van der Waals surface area contributed by atoms with E-state index in [1.807, 2.05) is 0 Å². The van der Waals surface area contributed by atoms with Gasteiger partial charge in [-0.3, -0.25) is 0 Å². The number of carbonyl (C=O) groups is 1. The van der Waals surface area contributed by atoms with Gasteiger partial charge in [0.1, 0.15) is 6.10 Å². The van der Waals surface area contributed by atoms with E-state index in [0.29, 0.717) is 6.61 Å². The molecule has 4 nitrogen and oxygen atoms in total. The minimum Gasteiger partial charge on any atom is -0.446 e. The number of hydrogen-bond donors (Lipinski definition) is 1. The molecule has 1 saturated heterocycles. The summed E-state index contributed by atoms with van der Waals surface area (Å²) in [5, 5.41) is 0. The number of nitrogens with two attached hydrogens (primary N) is 1. The van der Waals surface area contributed by atoms with Crippen LogP contribution in [0.25, 0.3) is 0 Å². The van der Waals surface area contributed by atoms with Crippen molar-refractivity contribution in [3.05, 3.63) is 0 Å². The molecule has 4 heteroatoms. The third kappa shape index (κ3) is 3.18. The lowest BCUT2D eigenvalue weighted by Gasteiger charge is -2.36. The molecule has 2 unspecified atom stereocenters. The molecule has 0 aliphatic carbocycles. The van der Waals surface area contributed by atoms with Gasteiger partial charge in [0.15, 0.2) is 0 Å². The van der Waals surface area contributed by atoms with Gasteiger partial charge in [0.05, 0.1) is 12.7 Å². The van der Waals surface area contributed by atoms with Crippen LogP contribution in [0.15, 0.2) is 0 Å². The van der Waals surface area contributed by atoms with Crippen molar-refractivity contribution >= 4 is 6.09 Å². The Morgan fingerprint density at radius 2 is 2.14 bits per heavy atom. The van der Waals surface area contributed by atoms with Crippen LogP contribution in [0.3, 0.4) is 0 Å². The van der Waals surface area contributed by atoms with Gasteiger partial charge in [-0.1, -0.05) is 20.8 Å². The number of amides is 1. The van der Waals surface area contributed by atoms with Crippen LogP contribution in [-0.2, 0) is 9.47 Å². The second-order valence-corrected chi connectivity index (χ2v) is 4.81. The predicted molar refractivity (Wildman–Crippen MR) is 52.9 cm³/mol. The summed E-state index contributed by atoms with van der Waals surface area (Å²) in [7, 11) is 0. The van der Waals surface area contributed by atoms with Gasteiger partial charge >= 0.3 is 6.09 Å². The zero-order valence-electron chi connectivity index (χ0n) is 9.08. The molecule has 0 aromatic carbocycles. The van der Waals surface area contributed by atoms with E-state index in [1.165, 1.54) is 0 Å². The zero-order chi connectivity index (χ0) is 10.8. The fourth-order valence-electron chi connectivity index (χ4n) is 1.64. The SMILES string of the molecule is CC(C)(C)C1CC(OC(N)=O)CCO1. The molecule has 0 aromatic rings. The molecule has 0 saturated carbocycles. The lowest BCUT2D eigenvalue weighted by Crippen LogP contribution is -2.40. The molecule has 1 fully saturated rings. The first-order chi connectivity index (χ1) is 6.39. The van der Waals surface area contributed by atoms with E-state index in [0.717, 1.165) is 12.8 Å². The third-order valence-corrected chi connectivity index (χ3v) is 2.48. The first-order valence-electron chi connectivity index (χ1n) is 4.97. The molecule has 2 N–H and O–H groups in total. The topological polar surface area (TPSA) is 61.5 Å². The third-order valence-electron chi connectivity index (χ3n) is 2.48. The molecule has 0 spiro atoms. The van der Waals surface area contributed by atoms with Crippen LogP contribution < -0.4 is 5.73 Å². The van der Waals surface area contributed by atoms with Crippen LogP contribution in [0, 0.1) is 5.41 Å². The van der Waals surface area contributed by atoms with E-state index in [2.05, 4.69) is 20.8 Å². The van der Waals surface area contributed by atoms with Crippen molar-refractivity contribution in [2.24, 2.45) is 11.1 Å². The van der Waals surface area contributed by atoms with Gasteiger partial charge in [-0.15, -0.1) is 0 Å². The molecule has 0 radical (unpaired) electrons. The Morgan fingerprint density at radius 1 is 1.50 bits per heavy atom. The van der Waals surface area contributed by atoms with Crippen LogP contribution in [0.1, 0.15) is 33.6 Å². The highest BCUT2D eigenvalue weighted by atomic mass is 16.6. The summed E-state index contributed by atoms with van der Waals surface area (Å²) in [4.78, 5) is 10.6. The zero-order valence-corrected chi connectivity index (χ0v) is 9.08. The minimum absolute atomic E-state index is 0.0783. The van der Waals surface area contributed by atoms with Crippen molar-refractivity contribution in [3.8, 4) is 0 Å². The van der Waals surface area contributed by atoms with Crippen molar-refractivity contribution in [3.63, 3.8) is 0 Å². The molecule has 0 bridgehead atoms. The maximum Gasteiger partial charge on any atom is 0.404 e. The van der Waals surface area contributed by atoms with Crippen LogP contribution in [-0.4, -0.2) is 24.9 Å². The molecule has 82 valence electrons. The normalized spacial score (nSPS) is 28.5. The summed E-state index contributed by atoms with van der Waals surface area (Å²) < 4.78 is 10.6. The largest absolute Gasteiger partial charge is 0.446 e. The molecular formula is C10H19NO3. The number of hydrogen-bond acceptors (Lipinski definition) is 3. The molecule has 0 aromatic heterocycles. The molecule has 14 heavy (non-hydrogen) atoms. The molecule has 1 amide bonds. The van der Waals surface area contributed by atoms with Crippen molar-refractivity contribution in [2.75, 3.05) is 6.61 Å². The Morgan fingerprint density at radius 3 is 2.64 bits per heavy atom. The maximum absolute atomic E-state index is 10.6. The van der Waals surface area contributed by atoms with Crippen molar-refractivity contribution < 1.29 is 14.3 Å². The van der Waals surface area contributed by atoms with Gasteiger partial charge in [0.2, 0.25) is 0 Å². The average Bonchev–Trinajstić information content (AvgIpc) is 2.01. The molecule has 1 aliphatic heterocycles. The first kappa shape index (κ1) is 11.3. The number of primary amides is 1. The molecular weight excluding hydrogens is 182 g/mol. The van der Waals surface area contributed by atoms with Gasteiger partial charge in [-0.2, -0.15) is 0 Å². The van der Waals surface area contributed by atoms with Crippen LogP contribution in [0.5, 0.6) is 0 Å². The fourth-order valence-corrected chi connectivity index (χ4v) is 1.64. The Kier molecular flexibility index (Phi) is 3.37. The molecule has 1 aliphatic rings. The highest BCUT2D eigenvalue weighted by molar-refractivity contribution is 5.64.